The minimum atomic E-state index is -1.22. The Morgan fingerprint density at radius 2 is 0.692 bits per heavy atom. The molecule has 0 bridgehead atoms. The van der Waals surface area contributed by atoms with Crippen LogP contribution in [-0.4, -0.2) is 8.07 Å². The van der Waals surface area contributed by atoms with E-state index in [9.17, 15) is 0 Å². The van der Waals surface area contributed by atoms with E-state index < -0.39 is 8.07 Å². The lowest BCUT2D eigenvalue weighted by molar-refractivity contribution is 0.344. The van der Waals surface area contributed by atoms with E-state index in [2.05, 4.69) is 6.92 Å². The summed E-state index contributed by atoms with van der Waals surface area (Å²) in [5.74, 6) is 1.03. The van der Waals surface area contributed by atoms with Crippen LogP contribution < -0.4 is 0 Å². The van der Waals surface area contributed by atoms with Gasteiger partial charge < -0.3 is 0 Å². The molecule has 0 spiro atoms. The molecular weight excluding hydrogens is 328 g/mol. The summed E-state index contributed by atoms with van der Waals surface area (Å²) in [6.45, 7) is 2.54. The highest BCUT2D eigenvalue weighted by molar-refractivity contribution is 6.85. The molecule has 0 aromatic carbocycles. The van der Waals surface area contributed by atoms with Crippen molar-refractivity contribution in [1.29, 1.82) is 0 Å². The molecule has 0 nitrogen and oxygen atoms in total. The molecule has 0 unspecified atom stereocenters. The van der Waals surface area contributed by atoms with E-state index in [-0.39, 0.29) is 0 Å². The average molecular weight is 375 g/mol. The maximum absolute atomic E-state index is 2.54. The van der Waals surface area contributed by atoms with E-state index in [0.29, 0.717) is 0 Å². The van der Waals surface area contributed by atoms with Gasteiger partial charge >= 0.3 is 0 Å². The quantitative estimate of drug-likeness (QED) is 0.430. The van der Waals surface area contributed by atoms with Gasteiger partial charge in [-0.3, -0.25) is 0 Å². The Bertz CT molecular complexity index is 358. The minimum Gasteiger partial charge on any atom is -0.0625 e. The van der Waals surface area contributed by atoms with Crippen LogP contribution in [0.1, 0.15) is 129 Å². The highest BCUT2D eigenvalue weighted by Gasteiger charge is 2.56. The van der Waals surface area contributed by atoms with E-state index in [1.807, 2.05) is 0 Å². The van der Waals surface area contributed by atoms with E-state index in [1.165, 1.54) is 22.2 Å². The molecule has 0 N–H and O–H groups in total. The molecule has 4 fully saturated rings. The van der Waals surface area contributed by atoms with Crippen LogP contribution in [0.4, 0.5) is 0 Å². The summed E-state index contributed by atoms with van der Waals surface area (Å²) in [7, 11) is -1.22. The largest absolute Gasteiger partial charge is 0.0660 e. The first-order valence-corrected chi connectivity index (χ1v) is 15.1. The molecule has 0 saturated heterocycles. The molecule has 0 aromatic heterocycles. The van der Waals surface area contributed by atoms with E-state index in [4.69, 9.17) is 0 Å². The van der Waals surface area contributed by atoms with Crippen LogP contribution in [0.3, 0.4) is 0 Å². The minimum absolute atomic E-state index is 1.03. The molecule has 0 heterocycles. The highest BCUT2D eigenvalue weighted by Crippen LogP contribution is 2.64. The Kier molecular flexibility index (Phi) is 6.87. The summed E-state index contributed by atoms with van der Waals surface area (Å²) in [6.07, 6.45) is 30.6. The van der Waals surface area contributed by atoms with E-state index in [0.717, 1.165) is 5.92 Å². The topological polar surface area (TPSA) is 0 Å². The van der Waals surface area contributed by atoms with Crippen molar-refractivity contribution in [3.05, 3.63) is 0 Å². The number of rotatable bonds is 4. The van der Waals surface area contributed by atoms with Crippen LogP contribution in [0.5, 0.6) is 0 Å². The highest BCUT2D eigenvalue weighted by atomic mass is 28.3. The van der Waals surface area contributed by atoms with Crippen LogP contribution in [0.2, 0.25) is 22.2 Å². The first kappa shape index (κ1) is 19.5. The Hall–Kier alpha value is 0.217. The summed E-state index contributed by atoms with van der Waals surface area (Å²) in [5, 5.41) is 0. The summed E-state index contributed by atoms with van der Waals surface area (Å²) in [4.78, 5) is 0. The molecule has 1 heteroatoms. The van der Waals surface area contributed by atoms with E-state index in [1.54, 1.807) is 122 Å². The second kappa shape index (κ2) is 9.14. The first-order valence-electron chi connectivity index (χ1n) is 12.8. The Morgan fingerprint density at radius 1 is 0.385 bits per heavy atom. The van der Waals surface area contributed by atoms with Gasteiger partial charge in [0, 0.05) is 0 Å². The molecule has 4 saturated carbocycles. The van der Waals surface area contributed by atoms with Crippen LogP contribution >= 0.6 is 0 Å². The smallest absolute Gasteiger partial charge is 0.0625 e. The maximum Gasteiger partial charge on any atom is 0.0660 e. The van der Waals surface area contributed by atoms with Gasteiger partial charge in [-0.1, -0.05) is 129 Å². The van der Waals surface area contributed by atoms with Crippen LogP contribution in [-0.2, 0) is 0 Å². The van der Waals surface area contributed by atoms with Crippen molar-refractivity contribution in [1.82, 2.24) is 0 Å². The van der Waals surface area contributed by atoms with Gasteiger partial charge in [-0.05, 0) is 28.1 Å². The Morgan fingerprint density at radius 3 is 1.04 bits per heavy atom. The number of hydrogen-bond acceptors (Lipinski definition) is 0. The Labute approximate surface area is 165 Å². The zero-order valence-electron chi connectivity index (χ0n) is 17.8. The fraction of sp³-hybridized carbons (Fsp3) is 1.00. The van der Waals surface area contributed by atoms with Crippen LogP contribution in [0.15, 0.2) is 0 Å². The van der Waals surface area contributed by atoms with Gasteiger partial charge in [0.2, 0.25) is 0 Å². The fourth-order valence-corrected chi connectivity index (χ4v) is 18.1. The van der Waals surface area contributed by atoms with E-state index >= 15 is 0 Å². The second-order valence-corrected chi connectivity index (χ2v) is 16.2. The molecule has 150 valence electrons. The standard InChI is InChI=1S/C25H46Si/c1-21-17-19-25(20-18-21)26(22-11-5-2-6-12-22,23-13-7-3-8-14-23)24-15-9-4-10-16-24/h21-25H,2-20H2,1H3. The summed E-state index contributed by atoms with van der Waals surface area (Å²) in [6, 6.07) is 0. The monoisotopic (exact) mass is 374 g/mol. The molecule has 0 amide bonds. The van der Waals surface area contributed by atoms with Crippen molar-refractivity contribution in [2.75, 3.05) is 0 Å². The molecule has 4 rings (SSSR count). The van der Waals surface area contributed by atoms with Crippen molar-refractivity contribution < 1.29 is 0 Å². The molecule has 0 radical (unpaired) electrons. The third kappa shape index (κ3) is 3.85. The van der Waals surface area contributed by atoms with Crippen molar-refractivity contribution in [2.24, 2.45) is 5.92 Å². The Balaban J connectivity index is 1.69. The summed E-state index contributed by atoms with van der Waals surface area (Å²) in [5.41, 5.74) is 4.94. The van der Waals surface area contributed by atoms with Gasteiger partial charge in [0.1, 0.15) is 0 Å². The molecular formula is C25H46Si. The normalized spacial score (nSPS) is 34.0. The zero-order valence-corrected chi connectivity index (χ0v) is 18.8. The van der Waals surface area contributed by atoms with Gasteiger partial charge in [-0.15, -0.1) is 0 Å². The lowest BCUT2D eigenvalue weighted by Crippen LogP contribution is -2.55. The fourth-order valence-electron chi connectivity index (χ4n) is 8.57. The van der Waals surface area contributed by atoms with Crippen LogP contribution in [0.25, 0.3) is 0 Å². The van der Waals surface area contributed by atoms with Crippen molar-refractivity contribution >= 4 is 8.07 Å². The molecule has 4 aliphatic carbocycles. The molecule has 26 heavy (non-hydrogen) atoms. The summed E-state index contributed by atoms with van der Waals surface area (Å²) < 4.78 is 0. The van der Waals surface area contributed by atoms with Crippen molar-refractivity contribution in [2.45, 2.75) is 151 Å². The van der Waals surface area contributed by atoms with Crippen molar-refractivity contribution in [3.8, 4) is 0 Å². The molecule has 0 aromatic rings. The first-order chi connectivity index (χ1) is 12.8. The maximum atomic E-state index is 2.54. The van der Waals surface area contributed by atoms with Gasteiger partial charge in [0.05, 0.1) is 8.07 Å². The zero-order chi connectivity index (χ0) is 17.8. The SMILES string of the molecule is CC1CCC([Si](C2CCCCC2)(C2CCCCC2)C2CCCCC2)CC1. The third-order valence-corrected chi connectivity index (χ3v) is 17.6. The lowest BCUT2D eigenvalue weighted by atomic mass is 9.90. The molecule has 4 aliphatic rings. The molecule has 0 atom stereocenters. The van der Waals surface area contributed by atoms with Crippen LogP contribution in [0, 0.1) is 5.92 Å². The van der Waals surface area contributed by atoms with Gasteiger partial charge in [-0.2, -0.15) is 0 Å². The molecule has 0 aliphatic heterocycles. The third-order valence-electron chi connectivity index (χ3n) is 9.66. The van der Waals surface area contributed by atoms with Gasteiger partial charge in [-0.25, -0.2) is 0 Å². The predicted molar refractivity (Wildman–Crippen MR) is 118 cm³/mol. The number of hydrogen-bond donors (Lipinski definition) is 0. The van der Waals surface area contributed by atoms with Gasteiger partial charge in [0.25, 0.3) is 0 Å². The lowest BCUT2D eigenvalue weighted by Gasteiger charge is -2.58. The summed E-state index contributed by atoms with van der Waals surface area (Å²) >= 11 is 0. The van der Waals surface area contributed by atoms with Gasteiger partial charge in [0.15, 0.2) is 0 Å². The van der Waals surface area contributed by atoms with Crippen molar-refractivity contribution in [3.63, 3.8) is 0 Å². The average Bonchev–Trinajstić information content (AvgIpc) is 2.72. The predicted octanol–water partition coefficient (Wildman–Crippen LogP) is 9.02. The second-order valence-electron chi connectivity index (χ2n) is 11.0.